The van der Waals surface area contributed by atoms with Crippen molar-refractivity contribution in [2.75, 3.05) is 11.9 Å². The maximum absolute atomic E-state index is 12.2. The van der Waals surface area contributed by atoms with E-state index in [9.17, 15) is 9.59 Å². The smallest absolute Gasteiger partial charge is 0.286 e. The van der Waals surface area contributed by atoms with Crippen LogP contribution in [0.2, 0.25) is 0 Å². The van der Waals surface area contributed by atoms with Crippen LogP contribution in [0.3, 0.4) is 0 Å². The van der Waals surface area contributed by atoms with E-state index < -0.39 is 0 Å². The second-order valence-electron chi connectivity index (χ2n) is 5.04. The summed E-state index contributed by atoms with van der Waals surface area (Å²) in [5, 5.41) is 14.6. The molecule has 1 aromatic carbocycles. The van der Waals surface area contributed by atoms with Gasteiger partial charge in [0.2, 0.25) is 5.01 Å². The second kappa shape index (κ2) is 8.38. The van der Waals surface area contributed by atoms with E-state index >= 15 is 0 Å². The van der Waals surface area contributed by atoms with Crippen molar-refractivity contribution in [1.29, 1.82) is 0 Å². The molecule has 0 bridgehead atoms. The lowest BCUT2D eigenvalue weighted by molar-refractivity contribution is 0.0952. The highest BCUT2D eigenvalue weighted by Gasteiger charge is 2.13. The highest BCUT2D eigenvalue weighted by atomic mass is 32.1. The zero-order valence-corrected chi connectivity index (χ0v) is 14.1. The van der Waals surface area contributed by atoms with Gasteiger partial charge in [0.25, 0.3) is 11.8 Å². The zero-order valence-electron chi connectivity index (χ0n) is 13.3. The van der Waals surface area contributed by atoms with Gasteiger partial charge in [-0.15, -0.1) is 10.2 Å². The Bertz CT molecular complexity index is 684. The summed E-state index contributed by atoms with van der Waals surface area (Å²) in [6, 6.07) is 6.84. The number of carbonyl (C=O) groups is 2. The first-order chi connectivity index (χ1) is 11.1. The quantitative estimate of drug-likeness (QED) is 0.816. The summed E-state index contributed by atoms with van der Waals surface area (Å²) in [6.07, 6.45) is 2.66. The van der Waals surface area contributed by atoms with Crippen LogP contribution in [0.5, 0.6) is 0 Å². The summed E-state index contributed by atoms with van der Waals surface area (Å²) in [5.41, 5.74) is 1.08. The van der Waals surface area contributed by atoms with E-state index in [-0.39, 0.29) is 11.8 Å². The van der Waals surface area contributed by atoms with Crippen LogP contribution in [0.4, 0.5) is 5.69 Å². The fourth-order valence-corrected chi connectivity index (χ4v) is 2.76. The molecule has 2 rings (SSSR count). The van der Waals surface area contributed by atoms with Crippen molar-refractivity contribution in [3.8, 4) is 0 Å². The number of amides is 2. The van der Waals surface area contributed by atoms with E-state index in [2.05, 4.69) is 27.8 Å². The molecule has 0 saturated heterocycles. The summed E-state index contributed by atoms with van der Waals surface area (Å²) in [5.74, 6) is -0.458. The average Bonchev–Trinajstić information content (AvgIpc) is 3.02. The maximum atomic E-state index is 12.2. The molecule has 23 heavy (non-hydrogen) atoms. The summed E-state index contributed by atoms with van der Waals surface area (Å²) in [7, 11) is 0. The Kier molecular flexibility index (Phi) is 6.22. The van der Waals surface area contributed by atoms with Gasteiger partial charge in [0.1, 0.15) is 5.01 Å². The highest BCUT2D eigenvalue weighted by molar-refractivity contribution is 7.13. The van der Waals surface area contributed by atoms with Gasteiger partial charge in [-0.2, -0.15) is 0 Å². The standard InChI is InChI=1S/C16H20N4O2S/c1-3-6-13-19-20-16(23-13)15(22)18-12-8-5-7-11(10-12)14(21)17-9-4-2/h5,7-8,10H,3-4,6,9H2,1-2H3,(H,17,21)(H,18,22). The van der Waals surface area contributed by atoms with E-state index in [0.29, 0.717) is 22.8 Å². The van der Waals surface area contributed by atoms with Crippen molar-refractivity contribution in [2.45, 2.75) is 33.1 Å². The first-order valence-corrected chi connectivity index (χ1v) is 8.47. The second-order valence-corrected chi connectivity index (χ2v) is 6.10. The molecule has 7 heteroatoms. The molecule has 0 saturated carbocycles. The summed E-state index contributed by atoms with van der Waals surface area (Å²) in [4.78, 5) is 24.1. The predicted molar refractivity (Wildman–Crippen MR) is 90.9 cm³/mol. The van der Waals surface area contributed by atoms with E-state index in [1.807, 2.05) is 6.92 Å². The fraction of sp³-hybridized carbons (Fsp3) is 0.375. The van der Waals surface area contributed by atoms with Gasteiger partial charge in [-0.05, 0) is 31.0 Å². The van der Waals surface area contributed by atoms with E-state index in [1.165, 1.54) is 11.3 Å². The van der Waals surface area contributed by atoms with Gasteiger partial charge in [-0.25, -0.2) is 0 Å². The van der Waals surface area contributed by atoms with E-state index in [4.69, 9.17) is 0 Å². The molecule has 0 unspecified atom stereocenters. The fourth-order valence-electron chi connectivity index (χ4n) is 1.92. The summed E-state index contributed by atoms with van der Waals surface area (Å²) in [6.45, 7) is 4.67. The lowest BCUT2D eigenvalue weighted by Gasteiger charge is -2.06. The van der Waals surface area contributed by atoms with Gasteiger partial charge in [0.05, 0.1) is 0 Å². The first-order valence-electron chi connectivity index (χ1n) is 7.66. The lowest BCUT2D eigenvalue weighted by Crippen LogP contribution is -2.24. The molecular weight excluding hydrogens is 312 g/mol. The third-order valence-electron chi connectivity index (χ3n) is 3.04. The third kappa shape index (κ3) is 4.85. The number of rotatable bonds is 7. The van der Waals surface area contributed by atoms with Crippen molar-refractivity contribution in [2.24, 2.45) is 0 Å². The molecule has 0 aliphatic rings. The Balaban J connectivity index is 2.04. The largest absolute Gasteiger partial charge is 0.352 e. The molecule has 2 aromatic rings. The van der Waals surface area contributed by atoms with Gasteiger partial charge in [-0.1, -0.05) is 31.3 Å². The first kappa shape index (κ1) is 17.1. The van der Waals surface area contributed by atoms with Crippen LogP contribution >= 0.6 is 11.3 Å². The van der Waals surface area contributed by atoms with Gasteiger partial charge in [0.15, 0.2) is 0 Å². The van der Waals surface area contributed by atoms with Gasteiger partial charge >= 0.3 is 0 Å². The number of aryl methyl sites for hydroxylation is 1. The van der Waals surface area contributed by atoms with Gasteiger partial charge in [0, 0.05) is 24.2 Å². The summed E-state index contributed by atoms with van der Waals surface area (Å²) >= 11 is 1.29. The van der Waals surface area contributed by atoms with Crippen molar-refractivity contribution >= 4 is 28.8 Å². The number of hydrogen-bond acceptors (Lipinski definition) is 5. The Labute approximate surface area is 139 Å². The number of anilines is 1. The summed E-state index contributed by atoms with van der Waals surface area (Å²) < 4.78 is 0. The highest BCUT2D eigenvalue weighted by Crippen LogP contribution is 2.15. The van der Waals surface area contributed by atoms with Crippen LogP contribution in [0.15, 0.2) is 24.3 Å². The van der Waals surface area contributed by atoms with Crippen molar-refractivity contribution in [1.82, 2.24) is 15.5 Å². The molecule has 2 N–H and O–H groups in total. The molecule has 2 amide bonds. The van der Waals surface area contributed by atoms with Gasteiger partial charge in [-0.3, -0.25) is 9.59 Å². The molecule has 0 atom stereocenters. The van der Waals surface area contributed by atoms with Crippen LogP contribution in [0.1, 0.15) is 51.9 Å². The molecule has 1 aromatic heterocycles. The molecule has 0 fully saturated rings. The van der Waals surface area contributed by atoms with E-state index in [1.54, 1.807) is 24.3 Å². The monoisotopic (exact) mass is 332 g/mol. The Morgan fingerprint density at radius 1 is 1.13 bits per heavy atom. The number of nitrogens with zero attached hydrogens (tertiary/aromatic N) is 2. The Morgan fingerprint density at radius 3 is 2.70 bits per heavy atom. The minimum Gasteiger partial charge on any atom is -0.352 e. The minimum absolute atomic E-state index is 0.149. The number of nitrogens with one attached hydrogen (secondary N) is 2. The maximum Gasteiger partial charge on any atom is 0.286 e. The predicted octanol–water partition coefficient (Wildman–Crippen LogP) is 2.88. The SMILES string of the molecule is CCCNC(=O)c1cccc(NC(=O)c2nnc(CCC)s2)c1. The number of aromatic nitrogens is 2. The molecule has 0 aliphatic heterocycles. The lowest BCUT2D eigenvalue weighted by atomic mass is 10.2. The molecule has 0 radical (unpaired) electrons. The Morgan fingerprint density at radius 2 is 1.96 bits per heavy atom. The van der Waals surface area contributed by atoms with Crippen molar-refractivity contribution in [3.05, 3.63) is 39.8 Å². The van der Waals surface area contributed by atoms with Crippen LogP contribution in [-0.4, -0.2) is 28.6 Å². The molecule has 1 heterocycles. The molecule has 0 aliphatic carbocycles. The van der Waals surface area contributed by atoms with Crippen LogP contribution < -0.4 is 10.6 Å². The van der Waals surface area contributed by atoms with Crippen LogP contribution in [0.25, 0.3) is 0 Å². The minimum atomic E-state index is -0.309. The van der Waals surface area contributed by atoms with Crippen LogP contribution in [-0.2, 0) is 6.42 Å². The van der Waals surface area contributed by atoms with Gasteiger partial charge < -0.3 is 10.6 Å². The third-order valence-corrected chi connectivity index (χ3v) is 4.02. The average molecular weight is 332 g/mol. The molecule has 6 nitrogen and oxygen atoms in total. The molecule has 0 spiro atoms. The number of carbonyl (C=O) groups excluding carboxylic acids is 2. The molecule has 122 valence electrons. The van der Waals surface area contributed by atoms with E-state index in [0.717, 1.165) is 24.3 Å². The topological polar surface area (TPSA) is 84.0 Å². The number of benzene rings is 1. The van der Waals surface area contributed by atoms with Crippen LogP contribution in [0, 0.1) is 0 Å². The normalized spacial score (nSPS) is 10.3. The zero-order chi connectivity index (χ0) is 16.7. The van der Waals surface area contributed by atoms with Crippen molar-refractivity contribution in [3.63, 3.8) is 0 Å². The Hall–Kier alpha value is -2.28. The molecular formula is C16H20N4O2S. The van der Waals surface area contributed by atoms with Crippen molar-refractivity contribution < 1.29 is 9.59 Å². The number of hydrogen-bond donors (Lipinski definition) is 2.